The standard InChI is InChI=1S/C24H30FN3O2/c25-21-13-6-7-14-22(21)27-24(30)28(20-11-2-1-3-12-20)18-8-17-26-23(29)16-15-19-9-4-5-10-19/h1-3,6-7,11-14,19H,4-5,8-10,15-18H2,(H,26,29)(H,27,30). The number of halogens is 1. The van der Waals surface area contributed by atoms with E-state index in [0.717, 1.165) is 12.1 Å². The van der Waals surface area contributed by atoms with E-state index in [1.165, 1.54) is 37.8 Å². The Balaban J connectivity index is 1.50. The maximum atomic E-state index is 13.9. The first kappa shape index (κ1) is 21.8. The van der Waals surface area contributed by atoms with Crippen LogP contribution in [0.15, 0.2) is 54.6 Å². The number of hydrogen-bond donors (Lipinski definition) is 2. The molecule has 0 radical (unpaired) electrons. The molecule has 3 amide bonds. The zero-order valence-electron chi connectivity index (χ0n) is 17.3. The molecule has 1 aliphatic rings. The molecule has 160 valence electrons. The lowest BCUT2D eigenvalue weighted by atomic mass is 10.0. The van der Waals surface area contributed by atoms with Crippen LogP contribution < -0.4 is 15.5 Å². The fraction of sp³-hybridized carbons (Fsp3) is 0.417. The van der Waals surface area contributed by atoms with Crippen molar-refractivity contribution in [3.05, 3.63) is 60.4 Å². The van der Waals surface area contributed by atoms with Gasteiger partial charge in [0.15, 0.2) is 0 Å². The summed E-state index contributed by atoms with van der Waals surface area (Å²) in [6.45, 7) is 0.910. The highest BCUT2D eigenvalue weighted by Gasteiger charge is 2.18. The van der Waals surface area contributed by atoms with Gasteiger partial charge in [0.1, 0.15) is 5.82 Å². The molecular weight excluding hydrogens is 381 g/mol. The predicted octanol–water partition coefficient (Wildman–Crippen LogP) is 5.34. The number of carbonyl (C=O) groups excluding carboxylic acids is 2. The number of nitrogens with one attached hydrogen (secondary N) is 2. The van der Waals surface area contributed by atoms with Gasteiger partial charge in [-0.1, -0.05) is 56.0 Å². The van der Waals surface area contributed by atoms with E-state index < -0.39 is 11.8 Å². The van der Waals surface area contributed by atoms with Gasteiger partial charge in [-0.25, -0.2) is 9.18 Å². The highest BCUT2D eigenvalue weighted by Crippen LogP contribution is 2.28. The smallest absolute Gasteiger partial charge is 0.326 e. The molecule has 0 atom stereocenters. The van der Waals surface area contributed by atoms with Crippen molar-refractivity contribution < 1.29 is 14.0 Å². The van der Waals surface area contributed by atoms with E-state index in [-0.39, 0.29) is 11.6 Å². The van der Waals surface area contributed by atoms with Crippen LogP contribution in [0.3, 0.4) is 0 Å². The lowest BCUT2D eigenvalue weighted by Gasteiger charge is -2.23. The number of para-hydroxylation sites is 2. The molecule has 1 saturated carbocycles. The van der Waals surface area contributed by atoms with E-state index in [2.05, 4.69) is 10.6 Å². The summed E-state index contributed by atoms with van der Waals surface area (Å²) in [6, 6.07) is 14.9. The highest BCUT2D eigenvalue weighted by atomic mass is 19.1. The number of hydrogen-bond acceptors (Lipinski definition) is 2. The molecule has 0 bridgehead atoms. The van der Waals surface area contributed by atoms with Crippen molar-refractivity contribution in [2.24, 2.45) is 5.92 Å². The van der Waals surface area contributed by atoms with Crippen molar-refractivity contribution in [3.8, 4) is 0 Å². The summed E-state index contributed by atoms with van der Waals surface area (Å²) in [5, 5.41) is 5.59. The molecule has 0 aliphatic heterocycles. The van der Waals surface area contributed by atoms with Crippen LogP contribution in [0.1, 0.15) is 44.9 Å². The summed E-state index contributed by atoms with van der Waals surface area (Å²) in [4.78, 5) is 26.5. The molecule has 2 aromatic rings. The van der Waals surface area contributed by atoms with Crippen LogP contribution in [0.25, 0.3) is 0 Å². The Labute approximate surface area is 177 Å². The first-order valence-corrected chi connectivity index (χ1v) is 10.8. The molecule has 0 unspecified atom stereocenters. The van der Waals surface area contributed by atoms with Crippen molar-refractivity contribution in [1.29, 1.82) is 0 Å². The Morgan fingerprint density at radius 1 is 1.00 bits per heavy atom. The monoisotopic (exact) mass is 411 g/mol. The predicted molar refractivity (Wildman–Crippen MR) is 118 cm³/mol. The lowest BCUT2D eigenvalue weighted by molar-refractivity contribution is -0.121. The van der Waals surface area contributed by atoms with E-state index in [1.54, 1.807) is 17.0 Å². The van der Waals surface area contributed by atoms with Crippen LogP contribution in [0, 0.1) is 11.7 Å². The number of rotatable bonds is 9. The molecule has 0 heterocycles. The topological polar surface area (TPSA) is 61.4 Å². The SMILES string of the molecule is O=C(CCC1CCCC1)NCCCN(C(=O)Nc1ccccc1F)c1ccccc1. The minimum Gasteiger partial charge on any atom is -0.356 e. The van der Waals surface area contributed by atoms with Crippen LogP contribution >= 0.6 is 0 Å². The van der Waals surface area contributed by atoms with E-state index in [1.807, 2.05) is 30.3 Å². The summed E-state index contributed by atoms with van der Waals surface area (Å²) >= 11 is 0. The molecular formula is C24H30FN3O2. The Bertz CT molecular complexity index is 822. The van der Waals surface area contributed by atoms with Gasteiger partial charge in [-0.2, -0.15) is 0 Å². The number of urea groups is 1. The third-order valence-corrected chi connectivity index (χ3v) is 5.56. The fourth-order valence-electron chi connectivity index (χ4n) is 3.89. The van der Waals surface area contributed by atoms with Gasteiger partial charge >= 0.3 is 6.03 Å². The molecule has 1 aliphatic carbocycles. The average Bonchev–Trinajstić information content (AvgIpc) is 3.28. The lowest BCUT2D eigenvalue weighted by Crippen LogP contribution is -2.37. The summed E-state index contributed by atoms with van der Waals surface area (Å²) in [5.41, 5.74) is 0.863. The number of amides is 3. The van der Waals surface area contributed by atoms with Crippen LogP contribution in [-0.2, 0) is 4.79 Å². The molecule has 2 aromatic carbocycles. The van der Waals surface area contributed by atoms with Gasteiger partial charge in [-0.05, 0) is 43.0 Å². The molecule has 1 fully saturated rings. The maximum Gasteiger partial charge on any atom is 0.326 e. The minimum atomic E-state index is -0.478. The molecule has 0 spiro atoms. The minimum absolute atomic E-state index is 0.0731. The van der Waals surface area contributed by atoms with Crippen molar-refractivity contribution in [2.75, 3.05) is 23.3 Å². The molecule has 0 aromatic heterocycles. The van der Waals surface area contributed by atoms with Crippen molar-refractivity contribution >= 4 is 23.3 Å². The number of anilines is 2. The molecule has 0 saturated heterocycles. The second-order valence-electron chi connectivity index (χ2n) is 7.79. The molecule has 2 N–H and O–H groups in total. The van der Waals surface area contributed by atoms with E-state index in [0.29, 0.717) is 31.8 Å². The Hall–Kier alpha value is -2.89. The largest absolute Gasteiger partial charge is 0.356 e. The van der Waals surface area contributed by atoms with Gasteiger partial charge in [0, 0.05) is 25.2 Å². The van der Waals surface area contributed by atoms with Crippen LogP contribution in [0.2, 0.25) is 0 Å². The van der Waals surface area contributed by atoms with Crippen molar-refractivity contribution in [3.63, 3.8) is 0 Å². The van der Waals surface area contributed by atoms with Gasteiger partial charge in [-0.3, -0.25) is 9.69 Å². The molecule has 30 heavy (non-hydrogen) atoms. The maximum absolute atomic E-state index is 13.9. The van der Waals surface area contributed by atoms with Crippen LogP contribution in [0.4, 0.5) is 20.6 Å². The van der Waals surface area contributed by atoms with Gasteiger partial charge in [-0.15, -0.1) is 0 Å². The van der Waals surface area contributed by atoms with E-state index in [4.69, 9.17) is 0 Å². The van der Waals surface area contributed by atoms with Gasteiger partial charge in [0.2, 0.25) is 5.91 Å². The molecule has 6 heteroatoms. The zero-order chi connectivity index (χ0) is 21.2. The van der Waals surface area contributed by atoms with Crippen LogP contribution in [0.5, 0.6) is 0 Å². The molecule has 5 nitrogen and oxygen atoms in total. The van der Waals surface area contributed by atoms with Crippen LogP contribution in [-0.4, -0.2) is 25.0 Å². The zero-order valence-corrected chi connectivity index (χ0v) is 17.3. The van der Waals surface area contributed by atoms with Gasteiger partial charge in [0.25, 0.3) is 0 Å². The number of carbonyl (C=O) groups is 2. The normalized spacial score (nSPS) is 13.8. The quantitative estimate of drug-likeness (QED) is 0.547. The summed E-state index contributed by atoms with van der Waals surface area (Å²) in [6.07, 6.45) is 7.21. The second kappa shape index (κ2) is 11.3. The van der Waals surface area contributed by atoms with Crippen molar-refractivity contribution in [2.45, 2.75) is 44.9 Å². The summed E-state index contributed by atoms with van der Waals surface area (Å²) in [7, 11) is 0. The Morgan fingerprint density at radius 3 is 2.43 bits per heavy atom. The van der Waals surface area contributed by atoms with E-state index in [9.17, 15) is 14.0 Å². The Kier molecular flexibility index (Phi) is 8.24. The Morgan fingerprint density at radius 2 is 1.70 bits per heavy atom. The van der Waals surface area contributed by atoms with Gasteiger partial charge in [0.05, 0.1) is 5.69 Å². The summed E-state index contributed by atoms with van der Waals surface area (Å²) in [5.74, 6) is 0.295. The van der Waals surface area contributed by atoms with Gasteiger partial charge < -0.3 is 10.6 Å². The first-order chi connectivity index (χ1) is 14.6. The summed E-state index contributed by atoms with van der Waals surface area (Å²) < 4.78 is 13.9. The number of nitrogens with zero attached hydrogens (tertiary/aromatic N) is 1. The fourth-order valence-corrected chi connectivity index (χ4v) is 3.89. The third-order valence-electron chi connectivity index (χ3n) is 5.56. The third kappa shape index (κ3) is 6.58. The average molecular weight is 412 g/mol. The highest BCUT2D eigenvalue weighted by molar-refractivity contribution is 6.01. The molecule has 3 rings (SSSR count). The van der Waals surface area contributed by atoms with Crippen molar-refractivity contribution in [1.82, 2.24) is 5.32 Å². The van der Waals surface area contributed by atoms with E-state index >= 15 is 0 Å². The number of benzene rings is 2. The first-order valence-electron chi connectivity index (χ1n) is 10.8. The second-order valence-corrected chi connectivity index (χ2v) is 7.79.